The number of amides is 1. The van der Waals surface area contributed by atoms with E-state index in [0.29, 0.717) is 17.9 Å². The lowest BCUT2D eigenvalue weighted by Gasteiger charge is -2.13. The number of nitrogens with zero attached hydrogens (tertiary/aromatic N) is 2. The topological polar surface area (TPSA) is 72.9 Å². The summed E-state index contributed by atoms with van der Waals surface area (Å²) in [6, 6.07) is 0.266. The highest BCUT2D eigenvalue weighted by Crippen LogP contribution is 2.27. The van der Waals surface area contributed by atoms with Crippen LogP contribution in [0.25, 0.3) is 0 Å². The Bertz CT molecular complexity index is 387. The van der Waals surface area contributed by atoms with E-state index in [4.69, 9.17) is 5.73 Å². The number of rotatable bonds is 8. The first-order valence-electron chi connectivity index (χ1n) is 6.66. The zero-order valence-corrected chi connectivity index (χ0v) is 11.6. The van der Waals surface area contributed by atoms with Gasteiger partial charge in [-0.15, -0.1) is 0 Å². The zero-order chi connectivity index (χ0) is 13.5. The van der Waals surface area contributed by atoms with Crippen molar-refractivity contribution >= 4 is 17.9 Å². The molecule has 1 aromatic rings. The molecule has 0 saturated carbocycles. The van der Waals surface area contributed by atoms with Gasteiger partial charge in [0.25, 0.3) is 0 Å². The number of carbonyl (C=O) groups excluding carboxylic acids is 1. The molecule has 3 N–H and O–H groups in total. The van der Waals surface area contributed by atoms with Gasteiger partial charge in [0.05, 0.1) is 11.7 Å². The molecule has 0 aliphatic carbocycles. The molecule has 0 aromatic carbocycles. The average Bonchev–Trinajstić information content (AvgIpc) is 2.63. The first kappa shape index (κ1) is 14.5. The van der Waals surface area contributed by atoms with E-state index in [-0.39, 0.29) is 6.04 Å². The van der Waals surface area contributed by atoms with E-state index in [2.05, 4.69) is 24.3 Å². The molecule has 5 nitrogen and oxygen atoms in total. The van der Waals surface area contributed by atoms with Crippen molar-refractivity contribution < 1.29 is 4.79 Å². The monoisotopic (exact) mass is 252 g/mol. The highest BCUT2D eigenvalue weighted by atomic mass is 16.1. The maximum Gasteiger partial charge on any atom is 0.211 e. The maximum atomic E-state index is 10.5. The molecule has 0 radical (unpaired) electrons. The highest BCUT2D eigenvalue weighted by Gasteiger charge is 2.15. The number of aryl methyl sites for hydroxylation is 1. The summed E-state index contributed by atoms with van der Waals surface area (Å²) in [6.07, 6.45) is 6.65. The lowest BCUT2D eigenvalue weighted by Crippen LogP contribution is -2.11. The van der Waals surface area contributed by atoms with Crippen molar-refractivity contribution in [2.24, 2.45) is 0 Å². The number of carbonyl (C=O) groups is 1. The molecular weight excluding hydrogens is 228 g/mol. The van der Waals surface area contributed by atoms with E-state index in [0.717, 1.165) is 12.1 Å². The van der Waals surface area contributed by atoms with Gasteiger partial charge in [0.15, 0.2) is 0 Å². The molecule has 1 rings (SSSR count). The molecule has 0 aliphatic heterocycles. The van der Waals surface area contributed by atoms with Gasteiger partial charge in [0.1, 0.15) is 11.5 Å². The third kappa shape index (κ3) is 3.48. The van der Waals surface area contributed by atoms with Gasteiger partial charge >= 0.3 is 0 Å². The largest absolute Gasteiger partial charge is 0.382 e. The Morgan fingerprint density at radius 1 is 1.44 bits per heavy atom. The van der Waals surface area contributed by atoms with Crippen LogP contribution < -0.4 is 11.1 Å². The van der Waals surface area contributed by atoms with Crippen LogP contribution >= 0.6 is 0 Å². The molecule has 1 aromatic heterocycles. The number of nitrogens with one attached hydrogen (secondary N) is 1. The number of hydrogen-bond acceptors (Lipinski definition) is 3. The van der Waals surface area contributed by atoms with Crippen molar-refractivity contribution in [3.8, 4) is 0 Å². The molecular formula is C13H24N4O. The van der Waals surface area contributed by atoms with E-state index in [9.17, 15) is 4.79 Å². The second-order valence-electron chi connectivity index (χ2n) is 4.75. The molecule has 0 aliphatic rings. The number of unbranched alkanes of at least 4 members (excludes halogenated alkanes) is 3. The van der Waals surface area contributed by atoms with Crippen LogP contribution in [0.5, 0.6) is 0 Å². The van der Waals surface area contributed by atoms with E-state index >= 15 is 0 Å². The van der Waals surface area contributed by atoms with Crippen molar-refractivity contribution in [3.05, 3.63) is 5.69 Å². The van der Waals surface area contributed by atoms with Crippen LogP contribution in [0, 0.1) is 6.92 Å². The van der Waals surface area contributed by atoms with Gasteiger partial charge in [0, 0.05) is 0 Å². The molecule has 5 heteroatoms. The van der Waals surface area contributed by atoms with Crippen LogP contribution in [0.1, 0.15) is 57.7 Å². The number of anilines is 2. The van der Waals surface area contributed by atoms with E-state index in [1.807, 2.05) is 11.6 Å². The van der Waals surface area contributed by atoms with Crippen LogP contribution in [0.3, 0.4) is 0 Å². The van der Waals surface area contributed by atoms with E-state index in [1.54, 1.807) is 0 Å². The highest BCUT2D eigenvalue weighted by molar-refractivity contribution is 5.79. The summed E-state index contributed by atoms with van der Waals surface area (Å²) in [7, 11) is 0. The molecule has 18 heavy (non-hydrogen) atoms. The van der Waals surface area contributed by atoms with Gasteiger partial charge in [0.2, 0.25) is 6.41 Å². The number of aromatic nitrogens is 2. The van der Waals surface area contributed by atoms with Crippen LogP contribution in [-0.4, -0.2) is 16.2 Å². The minimum absolute atomic E-state index is 0.266. The zero-order valence-electron chi connectivity index (χ0n) is 11.6. The lowest BCUT2D eigenvalue weighted by atomic mass is 10.1. The summed E-state index contributed by atoms with van der Waals surface area (Å²) in [4.78, 5) is 10.5. The summed E-state index contributed by atoms with van der Waals surface area (Å²) in [6.45, 7) is 6.16. The molecule has 0 bridgehead atoms. The van der Waals surface area contributed by atoms with Crippen molar-refractivity contribution in [3.63, 3.8) is 0 Å². The fourth-order valence-electron chi connectivity index (χ4n) is 2.13. The van der Waals surface area contributed by atoms with Gasteiger partial charge < -0.3 is 11.1 Å². The summed E-state index contributed by atoms with van der Waals surface area (Å²) >= 11 is 0. The van der Waals surface area contributed by atoms with Crippen LogP contribution in [-0.2, 0) is 4.79 Å². The summed E-state index contributed by atoms with van der Waals surface area (Å²) < 4.78 is 1.81. The van der Waals surface area contributed by atoms with Crippen LogP contribution in [0.4, 0.5) is 11.5 Å². The first-order chi connectivity index (χ1) is 8.61. The predicted octanol–water partition coefficient (Wildman–Crippen LogP) is 2.87. The molecule has 0 saturated heterocycles. The Kier molecular flexibility index (Phi) is 5.68. The average molecular weight is 252 g/mol. The summed E-state index contributed by atoms with van der Waals surface area (Å²) in [5, 5.41) is 7.00. The summed E-state index contributed by atoms with van der Waals surface area (Å²) in [5.74, 6) is 0.544. The van der Waals surface area contributed by atoms with Crippen molar-refractivity contribution in [1.29, 1.82) is 0 Å². The molecule has 0 fully saturated rings. The lowest BCUT2D eigenvalue weighted by molar-refractivity contribution is -0.105. The molecule has 0 spiro atoms. The molecule has 1 unspecified atom stereocenters. The Morgan fingerprint density at radius 2 is 2.17 bits per heavy atom. The number of hydrogen-bond donors (Lipinski definition) is 2. The first-order valence-corrected chi connectivity index (χ1v) is 6.66. The van der Waals surface area contributed by atoms with Gasteiger partial charge in [-0.3, -0.25) is 4.79 Å². The number of nitrogen functional groups attached to an aromatic ring is 1. The fourth-order valence-corrected chi connectivity index (χ4v) is 2.13. The smallest absolute Gasteiger partial charge is 0.211 e. The third-order valence-corrected chi connectivity index (χ3v) is 3.22. The van der Waals surface area contributed by atoms with Gasteiger partial charge in [-0.1, -0.05) is 32.6 Å². The van der Waals surface area contributed by atoms with Gasteiger partial charge in [-0.2, -0.15) is 5.10 Å². The van der Waals surface area contributed by atoms with E-state index in [1.165, 1.54) is 25.7 Å². The van der Waals surface area contributed by atoms with Crippen molar-refractivity contribution in [2.45, 2.75) is 58.9 Å². The van der Waals surface area contributed by atoms with Crippen LogP contribution in [0.15, 0.2) is 0 Å². The molecule has 1 atom stereocenters. The van der Waals surface area contributed by atoms with E-state index < -0.39 is 0 Å². The minimum atomic E-state index is 0.266. The minimum Gasteiger partial charge on any atom is -0.382 e. The van der Waals surface area contributed by atoms with Crippen molar-refractivity contribution in [2.75, 3.05) is 11.1 Å². The predicted molar refractivity (Wildman–Crippen MR) is 74.5 cm³/mol. The second-order valence-corrected chi connectivity index (χ2v) is 4.75. The SMILES string of the molecule is CCCCCCC(C)n1nc(C)c(NC=O)c1N. The van der Waals surface area contributed by atoms with Crippen LogP contribution in [0.2, 0.25) is 0 Å². The molecule has 1 amide bonds. The standard InChI is InChI=1S/C13H24N4O/c1-4-5-6-7-8-10(2)17-13(14)12(15-9-18)11(3)16-17/h9-10H,4-8,14H2,1-3H3,(H,15,18). The third-order valence-electron chi connectivity index (χ3n) is 3.22. The summed E-state index contributed by atoms with van der Waals surface area (Å²) in [5.41, 5.74) is 7.39. The molecule has 102 valence electrons. The maximum absolute atomic E-state index is 10.5. The molecule has 1 heterocycles. The Labute approximate surface area is 109 Å². The quantitative estimate of drug-likeness (QED) is 0.552. The fraction of sp³-hybridized carbons (Fsp3) is 0.692. The second kappa shape index (κ2) is 7.03. The van der Waals surface area contributed by atoms with Gasteiger partial charge in [-0.05, 0) is 20.3 Å². The number of nitrogens with two attached hydrogens (primary N) is 1. The van der Waals surface area contributed by atoms with Gasteiger partial charge in [-0.25, -0.2) is 4.68 Å². The normalized spacial score (nSPS) is 12.4. The van der Waals surface area contributed by atoms with Crippen molar-refractivity contribution in [1.82, 2.24) is 9.78 Å². The Hall–Kier alpha value is -1.52. The Balaban J connectivity index is 2.65. The Morgan fingerprint density at radius 3 is 2.78 bits per heavy atom.